The Kier molecular flexibility index (Phi) is 3.12. The van der Waals surface area contributed by atoms with Crippen molar-refractivity contribution in [1.82, 2.24) is 4.98 Å². The lowest BCUT2D eigenvalue weighted by atomic mass is 10.2. The van der Waals surface area contributed by atoms with Crippen LogP contribution in [-0.4, -0.2) is 18.6 Å². The summed E-state index contributed by atoms with van der Waals surface area (Å²) >= 11 is 0. The van der Waals surface area contributed by atoms with Gasteiger partial charge in [-0.25, -0.2) is 4.98 Å². The van der Waals surface area contributed by atoms with Crippen LogP contribution >= 0.6 is 0 Å². The van der Waals surface area contributed by atoms with Gasteiger partial charge in [-0.2, -0.15) is 0 Å². The van der Waals surface area contributed by atoms with Crippen LogP contribution in [0.2, 0.25) is 0 Å². The summed E-state index contributed by atoms with van der Waals surface area (Å²) in [7, 11) is 2.00. The zero-order valence-electron chi connectivity index (χ0n) is 9.04. The number of aryl methyl sites for hydroxylation is 1. The lowest BCUT2D eigenvalue weighted by molar-refractivity contribution is 0.946. The second kappa shape index (κ2) is 4.13. The number of anilines is 2. The molecule has 2 N–H and O–H groups in total. The van der Waals surface area contributed by atoms with Gasteiger partial charge in [0, 0.05) is 13.6 Å². The van der Waals surface area contributed by atoms with Gasteiger partial charge in [-0.05, 0) is 25.5 Å². The van der Waals surface area contributed by atoms with Crippen molar-refractivity contribution >= 4 is 11.5 Å². The Hall–Kier alpha value is -1.51. The van der Waals surface area contributed by atoms with E-state index in [1.54, 1.807) is 6.20 Å². The zero-order valence-corrected chi connectivity index (χ0v) is 9.04. The van der Waals surface area contributed by atoms with Gasteiger partial charge >= 0.3 is 0 Å². The molecular formula is C11H17N3. The smallest absolute Gasteiger partial charge is 0.131 e. The van der Waals surface area contributed by atoms with Gasteiger partial charge in [0.15, 0.2) is 0 Å². The maximum atomic E-state index is 5.63. The number of rotatable bonds is 3. The van der Waals surface area contributed by atoms with Crippen molar-refractivity contribution in [3.05, 3.63) is 30.0 Å². The number of pyridine rings is 1. The van der Waals surface area contributed by atoms with Gasteiger partial charge in [-0.1, -0.05) is 12.2 Å². The standard InChI is InChI=1S/C11H17N3/c1-8(2)7-14(4)11-9(3)5-10(12)6-13-11/h5-6H,1,7,12H2,2-4H3. The molecule has 0 amide bonds. The zero-order chi connectivity index (χ0) is 10.7. The number of hydrogen-bond donors (Lipinski definition) is 1. The molecule has 1 aromatic rings. The second-order valence-corrected chi connectivity index (χ2v) is 3.72. The fourth-order valence-corrected chi connectivity index (χ4v) is 1.47. The number of hydrogen-bond acceptors (Lipinski definition) is 3. The van der Waals surface area contributed by atoms with Gasteiger partial charge in [-0.3, -0.25) is 0 Å². The van der Waals surface area contributed by atoms with Gasteiger partial charge in [0.05, 0.1) is 11.9 Å². The monoisotopic (exact) mass is 191 g/mol. The number of likely N-dealkylation sites (N-methyl/N-ethyl adjacent to an activating group) is 1. The van der Waals surface area contributed by atoms with Gasteiger partial charge < -0.3 is 10.6 Å². The molecule has 3 nitrogen and oxygen atoms in total. The molecule has 0 saturated carbocycles. The van der Waals surface area contributed by atoms with Crippen LogP contribution in [0.1, 0.15) is 12.5 Å². The third kappa shape index (κ3) is 2.49. The molecule has 14 heavy (non-hydrogen) atoms. The van der Waals surface area contributed by atoms with Crippen LogP contribution in [0.25, 0.3) is 0 Å². The lowest BCUT2D eigenvalue weighted by Crippen LogP contribution is -2.21. The largest absolute Gasteiger partial charge is 0.397 e. The Labute approximate surface area is 85.3 Å². The van der Waals surface area contributed by atoms with Crippen molar-refractivity contribution in [2.75, 3.05) is 24.2 Å². The summed E-state index contributed by atoms with van der Waals surface area (Å²) in [6, 6.07) is 1.93. The fraction of sp³-hybridized carbons (Fsp3) is 0.364. The average Bonchev–Trinajstić information content (AvgIpc) is 2.01. The Morgan fingerprint density at radius 3 is 2.79 bits per heavy atom. The van der Waals surface area contributed by atoms with E-state index in [1.807, 2.05) is 27.0 Å². The molecule has 0 aromatic carbocycles. The van der Waals surface area contributed by atoms with Crippen molar-refractivity contribution in [1.29, 1.82) is 0 Å². The fourth-order valence-electron chi connectivity index (χ4n) is 1.47. The van der Waals surface area contributed by atoms with Crippen molar-refractivity contribution in [3.8, 4) is 0 Å². The first-order valence-electron chi connectivity index (χ1n) is 4.58. The van der Waals surface area contributed by atoms with Crippen LogP contribution < -0.4 is 10.6 Å². The van der Waals surface area contributed by atoms with Crippen LogP contribution in [0.4, 0.5) is 11.5 Å². The molecule has 1 rings (SSSR count). The van der Waals surface area contributed by atoms with E-state index in [9.17, 15) is 0 Å². The molecule has 0 saturated heterocycles. The third-order valence-corrected chi connectivity index (χ3v) is 1.94. The van der Waals surface area contributed by atoms with E-state index in [0.717, 1.165) is 23.5 Å². The predicted molar refractivity (Wildman–Crippen MR) is 61.5 cm³/mol. The summed E-state index contributed by atoms with van der Waals surface area (Å²) in [6.07, 6.45) is 1.68. The van der Waals surface area contributed by atoms with E-state index in [2.05, 4.69) is 16.5 Å². The highest BCUT2D eigenvalue weighted by Gasteiger charge is 2.05. The van der Waals surface area contributed by atoms with E-state index >= 15 is 0 Å². The molecule has 0 fully saturated rings. The molecule has 0 aliphatic heterocycles. The highest BCUT2D eigenvalue weighted by molar-refractivity contribution is 5.52. The van der Waals surface area contributed by atoms with Crippen LogP contribution in [-0.2, 0) is 0 Å². The normalized spacial score (nSPS) is 9.93. The molecule has 0 bridgehead atoms. The van der Waals surface area contributed by atoms with E-state index in [0.29, 0.717) is 5.69 Å². The molecule has 0 radical (unpaired) electrons. The average molecular weight is 191 g/mol. The first kappa shape index (κ1) is 10.6. The van der Waals surface area contributed by atoms with Crippen LogP contribution in [0.15, 0.2) is 24.4 Å². The second-order valence-electron chi connectivity index (χ2n) is 3.72. The lowest BCUT2D eigenvalue weighted by Gasteiger charge is -2.20. The quantitative estimate of drug-likeness (QED) is 0.743. The van der Waals surface area contributed by atoms with E-state index in [1.165, 1.54) is 0 Å². The molecule has 3 heteroatoms. The number of aromatic nitrogens is 1. The van der Waals surface area contributed by atoms with Gasteiger partial charge in [-0.15, -0.1) is 0 Å². The maximum Gasteiger partial charge on any atom is 0.131 e. The minimum absolute atomic E-state index is 0.704. The summed E-state index contributed by atoms with van der Waals surface area (Å²) in [5, 5.41) is 0. The Morgan fingerprint density at radius 1 is 1.64 bits per heavy atom. The highest BCUT2D eigenvalue weighted by atomic mass is 15.2. The summed E-state index contributed by atoms with van der Waals surface area (Å²) in [5.41, 5.74) is 8.54. The van der Waals surface area contributed by atoms with Crippen molar-refractivity contribution in [2.45, 2.75) is 13.8 Å². The Bertz CT molecular complexity index is 344. The molecule has 1 heterocycles. The Morgan fingerprint density at radius 2 is 2.29 bits per heavy atom. The molecule has 1 aromatic heterocycles. The summed E-state index contributed by atoms with van der Waals surface area (Å²) in [6.45, 7) is 8.70. The number of nitrogens with zero attached hydrogens (tertiary/aromatic N) is 2. The van der Waals surface area contributed by atoms with Gasteiger partial charge in [0.25, 0.3) is 0 Å². The number of nitrogen functional groups attached to an aromatic ring is 1. The third-order valence-electron chi connectivity index (χ3n) is 1.94. The van der Waals surface area contributed by atoms with Gasteiger partial charge in [0.1, 0.15) is 5.82 Å². The SMILES string of the molecule is C=C(C)CN(C)c1ncc(N)cc1C. The molecule has 0 spiro atoms. The first-order valence-corrected chi connectivity index (χ1v) is 4.58. The molecule has 0 aliphatic rings. The summed E-state index contributed by atoms with van der Waals surface area (Å²) in [4.78, 5) is 6.36. The Balaban J connectivity index is 2.90. The number of nitrogens with two attached hydrogens (primary N) is 1. The summed E-state index contributed by atoms with van der Waals surface area (Å²) < 4.78 is 0. The van der Waals surface area contributed by atoms with E-state index < -0.39 is 0 Å². The van der Waals surface area contributed by atoms with Crippen LogP contribution in [0.5, 0.6) is 0 Å². The van der Waals surface area contributed by atoms with Crippen molar-refractivity contribution < 1.29 is 0 Å². The first-order chi connectivity index (χ1) is 6.50. The van der Waals surface area contributed by atoms with Crippen molar-refractivity contribution in [2.24, 2.45) is 0 Å². The molecule has 76 valence electrons. The summed E-state index contributed by atoms with van der Waals surface area (Å²) in [5.74, 6) is 0.960. The molecule has 0 unspecified atom stereocenters. The van der Waals surface area contributed by atoms with Crippen molar-refractivity contribution in [3.63, 3.8) is 0 Å². The molecule has 0 atom stereocenters. The minimum atomic E-state index is 0.704. The topological polar surface area (TPSA) is 42.2 Å². The van der Waals surface area contributed by atoms with Crippen LogP contribution in [0.3, 0.4) is 0 Å². The van der Waals surface area contributed by atoms with E-state index in [-0.39, 0.29) is 0 Å². The van der Waals surface area contributed by atoms with Crippen LogP contribution in [0, 0.1) is 6.92 Å². The maximum absolute atomic E-state index is 5.63. The molecule has 0 aliphatic carbocycles. The minimum Gasteiger partial charge on any atom is -0.397 e. The van der Waals surface area contributed by atoms with Gasteiger partial charge in [0.2, 0.25) is 0 Å². The predicted octanol–water partition coefficient (Wildman–Crippen LogP) is 1.98. The highest BCUT2D eigenvalue weighted by Crippen LogP contribution is 2.17. The molecular weight excluding hydrogens is 174 g/mol. The van der Waals surface area contributed by atoms with E-state index in [4.69, 9.17) is 5.73 Å².